The quantitative estimate of drug-likeness (QED) is 0.854. The Morgan fingerprint density at radius 2 is 2.23 bits per heavy atom. The molecule has 1 fully saturated rings. The first-order valence-corrected chi connectivity index (χ1v) is 9.01. The van der Waals surface area contributed by atoms with E-state index in [9.17, 15) is 17.6 Å². The molecule has 1 N–H and O–H groups in total. The third-order valence-electron chi connectivity index (χ3n) is 3.77. The van der Waals surface area contributed by atoms with E-state index in [4.69, 9.17) is 4.74 Å². The van der Waals surface area contributed by atoms with Crippen LogP contribution >= 0.6 is 0 Å². The van der Waals surface area contributed by atoms with E-state index < -0.39 is 15.7 Å². The normalized spacial score (nSPS) is 19.8. The molecule has 2 rings (SSSR count). The Morgan fingerprint density at radius 1 is 1.45 bits per heavy atom. The smallest absolute Gasteiger partial charge is 0.220 e. The number of methoxy groups -OCH3 is 1. The van der Waals surface area contributed by atoms with Gasteiger partial charge in [0.25, 0.3) is 0 Å². The van der Waals surface area contributed by atoms with Crippen LogP contribution in [-0.4, -0.2) is 39.5 Å². The average Bonchev–Trinajstić information content (AvgIpc) is 2.82. The molecular formula is C15H20FNO4S. The fourth-order valence-electron chi connectivity index (χ4n) is 2.50. The lowest BCUT2D eigenvalue weighted by atomic mass is 10.1. The zero-order valence-electron chi connectivity index (χ0n) is 12.5. The van der Waals surface area contributed by atoms with E-state index in [0.29, 0.717) is 19.4 Å². The fourth-order valence-corrected chi connectivity index (χ4v) is 4.36. The molecule has 7 heteroatoms. The lowest BCUT2D eigenvalue weighted by Gasteiger charge is -2.10. The number of nitrogens with one attached hydrogen (secondary N) is 1. The number of carbonyl (C=O) groups is 1. The van der Waals surface area contributed by atoms with Crippen LogP contribution in [0.2, 0.25) is 0 Å². The molecule has 0 aromatic heterocycles. The maximum atomic E-state index is 13.5. The summed E-state index contributed by atoms with van der Waals surface area (Å²) in [5.41, 5.74) is 0.719. The van der Waals surface area contributed by atoms with E-state index in [-0.39, 0.29) is 35.5 Å². The topological polar surface area (TPSA) is 72.5 Å². The second kappa shape index (κ2) is 7.09. The van der Waals surface area contributed by atoms with E-state index in [1.807, 2.05) is 0 Å². The van der Waals surface area contributed by atoms with Gasteiger partial charge in [-0.3, -0.25) is 4.79 Å². The number of ether oxygens (including phenoxy) is 1. The van der Waals surface area contributed by atoms with Crippen LogP contribution in [0.25, 0.3) is 0 Å². The summed E-state index contributed by atoms with van der Waals surface area (Å²) in [5, 5.41) is 2.75. The monoisotopic (exact) mass is 329 g/mol. The van der Waals surface area contributed by atoms with Gasteiger partial charge >= 0.3 is 0 Å². The number of halogens is 1. The zero-order chi connectivity index (χ0) is 16.2. The molecule has 0 spiro atoms. The van der Waals surface area contributed by atoms with Crippen molar-refractivity contribution in [2.45, 2.75) is 19.3 Å². The van der Waals surface area contributed by atoms with Crippen LogP contribution < -0.4 is 10.1 Å². The number of sulfone groups is 1. The first kappa shape index (κ1) is 16.7. The highest BCUT2D eigenvalue weighted by Gasteiger charge is 2.27. The van der Waals surface area contributed by atoms with E-state index in [1.54, 1.807) is 6.07 Å². The van der Waals surface area contributed by atoms with Crippen LogP contribution in [0.4, 0.5) is 4.39 Å². The van der Waals surface area contributed by atoms with Crippen LogP contribution in [0.1, 0.15) is 18.4 Å². The van der Waals surface area contributed by atoms with Crippen molar-refractivity contribution in [2.24, 2.45) is 5.92 Å². The van der Waals surface area contributed by atoms with Crippen molar-refractivity contribution in [3.05, 3.63) is 29.6 Å². The summed E-state index contributed by atoms with van der Waals surface area (Å²) in [6.45, 7) is 0.384. The van der Waals surface area contributed by atoms with Crippen molar-refractivity contribution in [1.29, 1.82) is 0 Å². The summed E-state index contributed by atoms with van der Waals surface area (Å²) < 4.78 is 41.0. The van der Waals surface area contributed by atoms with E-state index in [2.05, 4.69) is 5.32 Å². The van der Waals surface area contributed by atoms with Gasteiger partial charge in [-0.2, -0.15) is 0 Å². The van der Waals surface area contributed by atoms with Crippen molar-refractivity contribution in [1.82, 2.24) is 5.32 Å². The third kappa shape index (κ3) is 4.69. The number of hydrogen-bond acceptors (Lipinski definition) is 4. The molecule has 1 aliphatic heterocycles. The molecule has 5 nitrogen and oxygen atoms in total. The summed E-state index contributed by atoms with van der Waals surface area (Å²) in [5.74, 6) is -0.0598. The van der Waals surface area contributed by atoms with Gasteiger partial charge < -0.3 is 10.1 Å². The number of rotatable bonds is 6. The number of amides is 1. The molecule has 1 aromatic carbocycles. The van der Waals surface area contributed by atoms with Gasteiger partial charge in [-0.15, -0.1) is 0 Å². The second-order valence-corrected chi connectivity index (χ2v) is 7.77. The summed E-state index contributed by atoms with van der Waals surface area (Å²) in [4.78, 5) is 11.8. The molecule has 0 saturated carbocycles. The number of carbonyl (C=O) groups excluding carboxylic acids is 1. The standard InChI is InChI=1S/C15H20FNO4S/c1-21-14-4-2-11(8-13(14)16)3-5-15(18)17-9-12-6-7-22(19,20)10-12/h2,4,8,12H,3,5-7,9-10H2,1H3,(H,17,18)/t12-/m1/s1. The molecule has 22 heavy (non-hydrogen) atoms. The lowest BCUT2D eigenvalue weighted by Crippen LogP contribution is -2.29. The van der Waals surface area contributed by atoms with E-state index in [0.717, 1.165) is 5.56 Å². The average molecular weight is 329 g/mol. The van der Waals surface area contributed by atoms with Crippen LogP contribution in [-0.2, 0) is 21.1 Å². The summed E-state index contributed by atoms with van der Waals surface area (Å²) >= 11 is 0. The number of aryl methyl sites for hydroxylation is 1. The SMILES string of the molecule is COc1ccc(CCC(=O)NC[C@H]2CCS(=O)(=O)C2)cc1F. The molecule has 1 aliphatic rings. The highest BCUT2D eigenvalue weighted by Crippen LogP contribution is 2.19. The zero-order valence-corrected chi connectivity index (χ0v) is 13.3. The van der Waals surface area contributed by atoms with Crippen molar-refractivity contribution >= 4 is 15.7 Å². The van der Waals surface area contributed by atoms with Gasteiger partial charge in [0, 0.05) is 13.0 Å². The molecule has 0 unspecified atom stereocenters. The summed E-state index contributed by atoms with van der Waals surface area (Å²) in [7, 11) is -1.52. The van der Waals surface area contributed by atoms with Crippen molar-refractivity contribution in [3.63, 3.8) is 0 Å². The minimum Gasteiger partial charge on any atom is -0.494 e. The van der Waals surface area contributed by atoms with Crippen LogP contribution in [0.3, 0.4) is 0 Å². The van der Waals surface area contributed by atoms with Gasteiger partial charge in [-0.1, -0.05) is 6.07 Å². The molecule has 0 bridgehead atoms. The Morgan fingerprint density at radius 3 is 2.82 bits per heavy atom. The van der Waals surface area contributed by atoms with E-state index >= 15 is 0 Å². The number of benzene rings is 1. The Hall–Kier alpha value is -1.63. The van der Waals surface area contributed by atoms with Crippen LogP contribution in [0, 0.1) is 11.7 Å². The third-order valence-corrected chi connectivity index (χ3v) is 5.61. The van der Waals surface area contributed by atoms with Crippen molar-refractivity contribution in [2.75, 3.05) is 25.2 Å². The molecule has 1 saturated heterocycles. The van der Waals surface area contributed by atoms with E-state index in [1.165, 1.54) is 19.2 Å². The van der Waals surface area contributed by atoms with Gasteiger partial charge in [-0.25, -0.2) is 12.8 Å². The second-order valence-electron chi connectivity index (χ2n) is 5.54. The minimum absolute atomic E-state index is 0.00683. The molecule has 122 valence electrons. The molecule has 1 aromatic rings. The molecule has 0 aliphatic carbocycles. The molecule has 1 atom stereocenters. The Balaban J connectivity index is 1.75. The maximum Gasteiger partial charge on any atom is 0.220 e. The predicted octanol–water partition coefficient (Wildman–Crippen LogP) is 1.32. The number of hydrogen-bond donors (Lipinski definition) is 1. The van der Waals surface area contributed by atoms with Gasteiger partial charge in [-0.05, 0) is 36.5 Å². The van der Waals surface area contributed by atoms with Crippen LogP contribution in [0.15, 0.2) is 18.2 Å². The largest absolute Gasteiger partial charge is 0.494 e. The molecule has 1 heterocycles. The summed E-state index contributed by atoms with van der Waals surface area (Å²) in [6.07, 6.45) is 1.27. The molecule has 1 amide bonds. The fraction of sp³-hybridized carbons (Fsp3) is 0.533. The van der Waals surface area contributed by atoms with Gasteiger partial charge in [0.15, 0.2) is 21.4 Å². The molecular weight excluding hydrogens is 309 g/mol. The minimum atomic E-state index is -2.91. The van der Waals surface area contributed by atoms with Gasteiger partial charge in [0.05, 0.1) is 18.6 Å². The highest BCUT2D eigenvalue weighted by molar-refractivity contribution is 7.91. The Labute approximate surface area is 129 Å². The lowest BCUT2D eigenvalue weighted by molar-refractivity contribution is -0.121. The first-order chi connectivity index (χ1) is 10.4. The first-order valence-electron chi connectivity index (χ1n) is 7.19. The Bertz CT molecular complexity index is 645. The maximum absolute atomic E-state index is 13.5. The summed E-state index contributed by atoms with van der Waals surface area (Å²) in [6, 6.07) is 4.61. The van der Waals surface area contributed by atoms with Crippen molar-refractivity contribution < 1.29 is 22.3 Å². The highest BCUT2D eigenvalue weighted by atomic mass is 32.2. The van der Waals surface area contributed by atoms with Crippen molar-refractivity contribution in [3.8, 4) is 5.75 Å². The molecule has 0 radical (unpaired) electrons. The van der Waals surface area contributed by atoms with Crippen LogP contribution in [0.5, 0.6) is 5.75 Å². The predicted molar refractivity (Wildman–Crippen MR) is 81.0 cm³/mol. The van der Waals surface area contributed by atoms with Gasteiger partial charge in [0.1, 0.15) is 0 Å². The Kier molecular flexibility index (Phi) is 5.39. The van der Waals surface area contributed by atoms with Gasteiger partial charge in [0.2, 0.25) is 5.91 Å².